The number of thiophene rings is 1. The zero-order chi connectivity index (χ0) is 20.4. The molecular weight excluding hydrogens is 386 g/mol. The molecule has 3 N–H and O–H groups in total. The van der Waals surface area contributed by atoms with E-state index in [1.54, 1.807) is 0 Å². The molecule has 29 heavy (non-hydrogen) atoms. The maximum atomic E-state index is 12.7. The van der Waals surface area contributed by atoms with Gasteiger partial charge < -0.3 is 15.6 Å². The maximum Gasteiger partial charge on any atom is 0.321 e. The highest BCUT2D eigenvalue weighted by Crippen LogP contribution is 2.44. The van der Waals surface area contributed by atoms with Gasteiger partial charge in [-0.15, -0.1) is 0 Å². The van der Waals surface area contributed by atoms with Crippen molar-refractivity contribution in [1.82, 2.24) is 0 Å². The third-order valence-electron chi connectivity index (χ3n) is 5.35. The number of rotatable bonds is 7. The number of carboxylic acid groups (broad SMARTS) is 1. The lowest BCUT2D eigenvalue weighted by Gasteiger charge is -2.20. The summed E-state index contributed by atoms with van der Waals surface area (Å²) in [5.74, 6) is -3.57. The topological polar surface area (TPSA) is 89.6 Å². The Morgan fingerprint density at radius 3 is 2.21 bits per heavy atom. The molecule has 1 unspecified atom stereocenters. The zero-order valence-electron chi connectivity index (χ0n) is 15.7. The van der Waals surface area contributed by atoms with Crippen LogP contribution in [0.3, 0.4) is 0 Å². The summed E-state index contributed by atoms with van der Waals surface area (Å²) in [5, 5.41) is 13.4. The summed E-state index contributed by atoms with van der Waals surface area (Å²) < 4.78 is 5.51. The van der Waals surface area contributed by atoms with Gasteiger partial charge in [0, 0.05) is 12.0 Å². The molecule has 0 fully saturated rings. The van der Waals surface area contributed by atoms with Crippen molar-refractivity contribution in [1.29, 1.82) is 0 Å². The number of fused-ring (bicyclic) bond motifs is 3. The van der Waals surface area contributed by atoms with E-state index in [1.807, 2.05) is 65.4 Å². The van der Waals surface area contributed by atoms with Crippen molar-refractivity contribution in [3.8, 4) is 11.1 Å². The summed E-state index contributed by atoms with van der Waals surface area (Å²) in [6.45, 7) is 0.0851. The van der Waals surface area contributed by atoms with Gasteiger partial charge in [-0.25, -0.2) is 0 Å². The monoisotopic (exact) mass is 407 g/mol. The van der Waals surface area contributed by atoms with Crippen LogP contribution in [0.4, 0.5) is 0 Å². The predicted molar refractivity (Wildman–Crippen MR) is 112 cm³/mol. The number of benzene rings is 2. The van der Waals surface area contributed by atoms with Crippen LogP contribution >= 0.6 is 11.3 Å². The van der Waals surface area contributed by atoms with E-state index in [0.29, 0.717) is 6.42 Å². The first-order chi connectivity index (χ1) is 14.1. The summed E-state index contributed by atoms with van der Waals surface area (Å²) in [6, 6.07) is 17.0. The minimum atomic E-state index is -1.40. The molecule has 1 aliphatic rings. The Labute approximate surface area is 172 Å². The van der Waals surface area contributed by atoms with Crippen molar-refractivity contribution < 1.29 is 19.4 Å². The Hall–Kier alpha value is -2.96. The van der Waals surface area contributed by atoms with Crippen molar-refractivity contribution >= 4 is 23.3 Å². The van der Waals surface area contributed by atoms with Crippen LogP contribution in [-0.4, -0.2) is 29.7 Å². The first kappa shape index (κ1) is 19.4. The number of hydrogen-bond acceptors (Lipinski definition) is 5. The lowest BCUT2D eigenvalue weighted by atomic mass is 9.95. The lowest BCUT2D eigenvalue weighted by molar-refractivity contribution is -0.159. The van der Waals surface area contributed by atoms with E-state index in [-0.39, 0.29) is 12.5 Å². The molecule has 0 saturated carbocycles. The van der Waals surface area contributed by atoms with Crippen molar-refractivity contribution in [3.63, 3.8) is 0 Å². The van der Waals surface area contributed by atoms with Gasteiger partial charge in [-0.2, -0.15) is 11.3 Å². The fourth-order valence-corrected chi connectivity index (χ4v) is 4.63. The Morgan fingerprint density at radius 2 is 1.66 bits per heavy atom. The summed E-state index contributed by atoms with van der Waals surface area (Å²) in [4.78, 5) is 24.4. The number of aliphatic carboxylic acids is 1. The Kier molecular flexibility index (Phi) is 5.47. The van der Waals surface area contributed by atoms with Crippen LogP contribution in [0.5, 0.6) is 0 Å². The number of ether oxygens (including phenoxy) is 1. The van der Waals surface area contributed by atoms with Gasteiger partial charge in [-0.1, -0.05) is 48.5 Å². The molecule has 1 aliphatic carbocycles. The number of carbonyl (C=O) groups excluding carboxylic acids is 1. The molecule has 0 amide bonds. The fourth-order valence-electron chi connectivity index (χ4n) is 3.95. The van der Waals surface area contributed by atoms with E-state index in [0.717, 1.165) is 27.8 Å². The van der Waals surface area contributed by atoms with E-state index < -0.39 is 23.9 Å². The minimum absolute atomic E-state index is 0.0851. The Morgan fingerprint density at radius 1 is 1.03 bits per heavy atom. The van der Waals surface area contributed by atoms with Gasteiger partial charge in [0.1, 0.15) is 6.61 Å². The third kappa shape index (κ3) is 3.81. The minimum Gasteiger partial charge on any atom is -0.481 e. The highest BCUT2D eigenvalue weighted by Gasteiger charge is 2.36. The molecule has 2 aromatic carbocycles. The van der Waals surface area contributed by atoms with Crippen molar-refractivity contribution in [2.45, 2.75) is 18.4 Å². The summed E-state index contributed by atoms with van der Waals surface area (Å²) in [5.41, 5.74) is 11.4. The maximum absolute atomic E-state index is 12.7. The second-order valence-corrected chi connectivity index (χ2v) is 7.95. The molecule has 0 radical (unpaired) electrons. The molecule has 6 heteroatoms. The SMILES string of the molecule is NC(Cc1ccsc1)[C@H](C(=O)O)C(=O)OCC1c2ccccc2-c2ccccc21. The van der Waals surface area contributed by atoms with Gasteiger partial charge in [-0.05, 0) is 51.1 Å². The number of carbonyl (C=O) groups is 2. The zero-order valence-corrected chi connectivity index (χ0v) is 16.5. The number of hydrogen-bond donors (Lipinski definition) is 2. The van der Waals surface area contributed by atoms with E-state index in [4.69, 9.17) is 10.5 Å². The van der Waals surface area contributed by atoms with E-state index in [9.17, 15) is 14.7 Å². The molecule has 5 nitrogen and oxygen atoms in total. The van der Waals surface area contributed by atoms with Crippen LogP contribution < -0.4 is 5.73 Å². The number of esters is 1. The van der Waals surface area contributed by atoms with Crippen LogP contribution in [-0.2, 0) is 20.7 Å². The van der Waals surface area contributed by atoms with Gasteiger partial charge in [0.05, 0.1) is 0 Å². The molecule has 2 atom stereocenters. The standard InChI is InChI=1S/C23H21NO4S/c24-20(11-14-9-10-29-13-14)21(22(25)26)23(27)28-12-19-17-7-3-1-5-15(17)16-6-2-4-8-18(16)19/h1-10,13,19-21H,11-12,24H2,(H,25,26)/t20?,21-/m1/s1. The predicted octanol–water partition coefficient (Wildman–Crippen LogP) is 3.67. The molecule has 4 rings (SSSR count). The van der Waals surface area contributed by atoms with Gasteiger partial charge in [0.25, 0.3) is 0 Å². The quantitative estimate of drug-likeness (QED) is 0.461. The van der Waals surface area contributed by atoms with Crippen LogP contribution in [0.2, 0.25) is 0 Å². The van der Waals surface area contributed by atoms with Crippen molar-refractivity contribution in [2.75, 3.05) is 6.61 Å². The molecule has 0 aliphatic heterocycles. The molecule has 1 heterocycles. The highest BCUT2D eigenvalue weighted by atomic mass is 32.1. The first-order valence-electron chi connectivity index (χ1n) is 9.40. The molecule has 3 aromatic rings. The summed E-state index contributed by atoms with van der Waals surface area (Å²) >= 11 is 1.50. The summed E-state index contributed by atoms with van der Waals surface area (Å²) in [7, 11) is 0. The molecular formula is C23H21NO4S. The Bertz CT molecular complexity index is 985. The van der Waals surface area contributed by atoms with Gasteiger partial charge in [0.2, 0.25) is 0 Å². The molecule has 0 saturated heterocycles. The van der Waals surface area contributed by atoms with Crippen LogP contribution in [0.1, 0.15) is 22.6 Å². The normalized spacial score (nSPS) is 14.7. The summed E-state index contributed by atoms with van der Waals surface area (Å²) in [6.07, 6.45) is 0.310. The lowest BCUT2D eigenvalue weighted by Crippen LogP contribution is -2.43. The fraction of sp³-hybridized carbons (Fsp3) is 0.217. The first-order valence-corrected chi connectivity index (χ1v) is 10.3. The Balaban J connectivity index is 1.50. The second-order valence-electron chi connectivity index (χ2n) is 7.17. The molecule has 0 spiro atoms. The largest absolute Gasteiger partial charge is 0.481 e. The average molecular weight is 407 g/mol. The van der Waals surface area contributed by atoms with Crippen molar-refractivity contribution in [3.05, 3.63) is 82.0 Å². The van der Waals surface area contributed by atoms with Gasteiger partial charge in [-0.3, -0.25) is 9.59 Å². The van der Waals surface area contributed by atoms with E-state index in [2.05, 4.69) is 0 Å². The molecule has 0 bridgehead atoms. The van der Waals surface area contributed by atoms with Crippen LogP contribution in [0.25, 0.3) is 11.1 Å². The number of carboxylic acids is 1. The smallest absolute Gasteiger partial charge is 0.321 e. The second kappa shape index (κ2) is 8.19. The molecule has 148 valence electrons. The van der Waals surface area contributed by atoms with Gasteiger partial charge >= 0.3 is 11.9 Å². The van der Waals surface area contributed by atoms with Crippen LogP contribution in [0, 0.1) is 5.92 Å². The molecule has 1 aromatic heterocycles. The van der Waals surface area contributed by atoms with Crippen molar-refractivity contribution in [2.24, 2.45) is 11.7 Å². The van der Waals surface area contributed by atoms with Gasteiger partial charge in [0.15, 0.2) is 5.92 Å². The number of nitrogens with two attached hydrogens (primary N) is 1. The average Bonchev–Trinajstić information content (AvgIpc) is 3.32. The van der Waals surface area contributed by atoms with Crippen LogP contribution in [0.15, 0.2) is 65.4 Å². The third-order valence-corrected chi connectivity index (χ3v) is 6.09. The van der Waals surface area contributed by atoms with E-state index >= 15 is 0 Å². The highest BCUT2D eigenvalue weighted by molar-refractivity contribution is 7.07. The van der Waals surface area contributed by atoms with E-state index in [1.165, 1.54) is 11.3 Å².